The summed E-state index contributed by atoms with van der Waals surface area (Å²) in [5.41, 5.74) is 1.12. The average Bonchev–Trinajstić information content (AvgIpc) is 2.52. The van der Waals surface area contributed by atoms with Gasteiger partial charge in [0.25, 0.3) is 0 Å². The van der Waals surface area contributed by atoms with Crippen molar-refractivity contribution in [2.75, 3.05) is 6.54 Å². The van der Waals surface area contributed by atoms with Gasteiger partial charge in [-0.1, -0.05) is 27.2 Å². The summed E-state index contributed by atoms with van der Waals surface area (Å²) in [6.07, 6.45) is 9.58. The predicted molar refractivity (Wildman–Crippen MR) is 87.6 cm³/mol. The Morgan fingerprint density at radius 2 is 2.10 bits per heavy atom. The van der Waals surface area contributed by atoms with Crippen LogP contribution in [0.1, 0.15) is 71.0 Å². The van der Waals surface area contributed by atoms with Crippen LogP contribution in [0, 0.1) is 5.92 Å². The number of hydrogen-bond acceptors (Lipinski definition) is 3. The van der Waals surface area contributed by atoms with Crippen molar-refractivity contribution in [3.8, 4) is 5.75 Å². The molecule has 1 N–H and O–H groups in total. The number of nitrogens with zero attached hydrogens (tertiary/aromatic N) is 1. The third kappa shape index (κ3) is 4.70. The first-order chi connectivity index (χ1) is 10.2. The summed E-state index contributed by atoms with van der Waals surface area (Å²) in [4.78, 5) is 4.61. The third-order valence-electron chi connectivity index (χ3n) is 4.49. The van der Waals surface area contributed by atoms with E-state index in [1.807, 2.05) is 6.20 Å². The van der Waals surface area contributed by atoms with Crippen LogP contribution in [0.4, 0.5) is 0 Å². The monoisotopic (exact) mass is 290 g/mol. The minimum atomic E-state index is 0.354. The molecule has 1 fully saturated rings. The van der Waals surface area contributed by atoms with Crippen LogP contribution < -0.4 is 10.1 Å². The molecular formula is C18H30N2O. The first-order valence-corrected chi connectivity index (χ1v) is 8.60. The Morgan fingerprint density at radius 3 is 2.71 bits per heavy atom. The van der Waals surface area contributed by atoms with Crippen LogP contribution in [-0.2, 0) is 0 Å². The van der Waals surface area contributed by atoms with Gasteiger partial charge in [0.2, 0.25) is 0 Å². The normalized spacial score (nSPS) is 23.8. The molecule has 1 aromatic rings. The standard InChI is InChI=1S/C18H30N2O/c1-4-12-19-16(5-2)17-11-10-15(13-20-17)21-18-9-7-6-8-14(18)3/h10-11,13-14,16,18-19H,4-9,12H2,1-3H3. The fourth-order valence-electron chi connectivity index (χ4n) is 3.08. The molecular weight excluding hydrogens is 260 g/mol. The highest BCUT2D eigenvalue weighted by molar-refractivity contribution is 5.22. The summed E-state index contributed by atoms with van der Waals surface area (Å²) in [6.45, 7) is 7.73. The lowest BCUT2D eigenvalue weighted by Crippen LogP contribution is -2.28. The Labute approximate surface area is 129 Å². The second kappa shape index (κ2) is 8.38. The van der Waals surface area contributed by atoms with E-state index >= 15 is 0 Å². The van der Waals surface area contributed by atoms with Crippen LogP contribution in [0.25, 0.3) is 0 Å². The lowest BCUT2D eigenvalue weighted by molar-refractivity contribution is 0.102. The second-order valence-corrected chi connectivity index (χ2v) is 6.25. The van der Waals surface area contributed by atoms with Gasteiger partial charge in [0, 0.05) is 6.04 Å². The van der Waals surface area contributed by atoms with Crippen molar-refractivity contribution in [2.45, 2.75) is 71.4 Å². The molecule has 3 atom stereocenters. The van der Waals surface area contributed by atoms with Crippen molar-refractivity contribution in [1.29, 1.82) is 0 Å². The molecule has 0 bridgehead atoms. The number of ether oxygens (including phenoxy) is 1. The zero-order valence-corrected chi connectivity index (χ0v) is 13.8. The van der Waals surface area contributed by atoms with E-state index in [-0.39, 0.29) is 0 Å². The van der Waals surface area contributed by atoms with Crippen LogP contribution in [0.5, 0.6) is 5.75 Å². The Kier molecular flexibility index (Phi) is 6.50. The van der Waals surface area contributed by atoms with Gasteiger partial charge in [0.05, 0.1) is 11.9 Å². The minimum absolute atomic E-state index is 0.354. The highest BCUT2D eigenvalue weighted by Gasteiger charge is 2.23. The molecule has 0 saturated heterocycles. The van der Waals surface area contributed by atoms with Crippen LogP contribution in [-0.4, -0.2) is 17.6 Å². The Bertz CT molecular complexity index is 404. The van der Waals surface area contributed by atoms with E-state index in [4.69, 9.17) is 4.74 Å². The van der Waals surface area contributed by atoms with Gasteiger partial charge < -0.3 is 10.1 Å². The van der Waals surface area contributed by atoms with Crippen molar-refractivity contribution >= 4 is 0 Å². The number of pyridine rings is 1. The van der Waals surface area contributed by atoms with Crippen molar-refractivity contribution in [2.24, 2.45) is 5.92 Å². The summed E-state index contributed by atoms with van der Waals surface area (Å²) in [6, 6.07) is 4.55. The van der Waals surface area contributed by atoms with Crippen molar-refractivity contribution in [3.05, 3.63) is 24.0 Å². The summed E-state index contributed by atoms with van der Waals surface area (Å²) in [5, 5.41) is 3.54. The largest absolute Gasteiger partial charge is 0.489 e. The molecule has 118 valence electrons. The fourth-order valence-corrected chi connectivity index (χ4v) is 3.08. The summed E-state index contributed by atoms with van der Waals surface area (Å²) in [5.74, 6) is 1.58. The zero-order chi connectivity index (χ0) is 15.1. The molecule has 3 nitrogen and oxygen atoms in total. The van der Waals surface area contributed by atoms with E-state index in [2.05, 4.69) is 43.2 Å². The van der Waals surface area contributed by atoms with E-state index in [0.29, 0.717) is 18.1 Å². The van der Waals surface area contributed by atoms with Gasteiger partial charge in [-0.05, 0) is 56.7 Å². The molecule has 2 rings (SSSR count). The van der Waals surface area contributed by atoms with E-state index < -0.39 is 0 Å². The summed E-state index contributed by atoms with van der Waals surface area (Å²) >= 11 is 0. The summed E-state index contributed by atoms with van der Waals surface area (Å²) < 4.78 is 6.13. The van der Waals surface area contributed by atoms with E-state index in [9.17, 15) is 0 Å². The van der Waals surface area contributed by atoms with Gasteiger partial charge in [-0.25, -0.2) is 0 Å². The van der Waals surface area contributed by atoms with Crippen molar-refractivity contribution < 1.29 is 4.74 Å². The van der Waals surface area contributed by atoms with Crippen LogP contribution in [0.15, 0.2) is 18.3 Å². The van der Waals surface area contributed by atoms with Gasteiger partial charge in [-0.3, -0.25) is 4.98 Å². The minimum Gasteiger partial charge on any atom is -0.489 e. The number of nitrogens with one attached hydrogen (secondary N) is 1. The van der Waals surface area contributed by atoms with E-state index in [1.165, 1.54) is 25.7 Å². The second-order valence-electron chi connectivity index (χ2n) is 6.25. The molecule has 1 saturated carbocycles. The van der Waals surface area contributed by atoms with Gasteiger partial charge in [0.15, 0.2) is 0 Å². The number of aromatic nitrogens is 1. The molecule has 21 heavy (non-hydrogen) atoms. The average molecular weight is 290 g/mol. The maximum Gasteiger partial charge on any atom is 0.138 e. The number of hydrogen-bond donors (Lipinski definition) is 1. The quantitative estimate of drug-likeness (QED) is 0.803. The number of rotatable bonds is 7. The first kappa shape index (κ1) is 16.3. The van der Waals surface area contributed by atoms with E-state index in [1.54, 1.807) is 0 Å². The Morgan fingerprint density at radius 1 is 1.29 bits per heavy atom. The molecule has 3 unspecified atom stereocenters. The van der Waals surface area contributed by atoms with Gasteiger partial charge in [-0.15, -0.1) is 0 Å². The van der Waals surface area contributed by atoms with Crippen molar-refractivity contribution in [3.63, 3.8) is 0 Å². The van der Waals surface area contributed by atoms with Crippen molar-refractivity contribution in [1.82, 2.24) is 10.3 Å². The first-order valence-electron chi connectivity index (χ1n) is 8.60. The molecule has 0 aromatic carbocycles. The molecule has 0 amide bonds. The molecule has 1 aliphatic rings. The molecule has 1 heterocycles. The molecule has 3 heteroatoms. The smallest absolute Gasteiger partial charge is 0.138 e. The highest BCUT2D eigenvalue weighted by Crippen LogP contribution is 2.28. The molecule has 1 aromatic heterocycles. The SMILES string of the molecule is CCCNC(CC)c1ccc(OC2CCCCC2C)cn1. The maximum atomic E-state index is 6.13. The van der Waals surface area contributed by atoms with Gasteiger partial charge in [-0.2, -0.15) is 0 Å². The summed E-state index contributed by atoms with van der Waals surface area (Å²) in [7, 11) is 0. The van der Waals surface area contributed by atoms with Gasteiger partial charge >= 0.3 is 0 Å². The zero-order valence-electron chi connectivity index (χ0n) is 13.8. The van der Waals surface area contributed by atoms with E-state index in [0.717, 1.165) is 30.8 Å². The molecule has 0 spiro atoms. The third-order valence-corrected chi connectivity index (χ3v) is 4.49. The van der Waals surface area contributed by atoms with Crippen LogP contribution in [0.3, 0.4) is 0 Å². The predicted octanol–water partition coefficient (Wildman–Crippen LogP) is 4.49. The molecule has 1 aliphatic carbocycles. The van der Waals surface area contributed by atoms with Crippen LogP contribution >= 0.6 is 0 Å². The molecule has 0 aliphatic heterocycles. The van der Waals surface area contributed by atoms with Gasteiger partial charge in [0.1, 0.15) is 11.9 Å². The maximum absolute atomic E-state index is 6.13. The Balaban J connectivity index is 1.94. The lowest BCUT2D eigenvalue weighted by Gasteiger charge is -2.29. The molecule has 0 radical (unpaired) electrons. The highest BCUT2D eigenvalue weighted by atomic mass is 16.5. The fraction of sp³-hybridized carbons (Fsp3) is 0.722. The topological polar surface area (TPSA) is 34.1 Å². The Hall–Kier alpha value is -1.09. The van der Waals surface area contributed by atoms with Crippen LogP contribution in [0.2, 0.25) is 0 Å². The lowest BCUT2D eigenvalue weighted by atomic mass is 9.88.